The molecule has 1 aliphatic rings. The molecule has 0 bridgehead atoms. The van der Waals surface area contributed by atoms with Crippen LogP contribution in [0.5, 0.6) is 0 Å². The maximum absolute atomic E-state index is 11.9. The first-order valence-corrected chi connectivity index (χ1v) is 9.06. The quantitative estimate of drug-likeness (QED) is 0.317. The van der Waals surface area contributed by atoms with Crippen molar-refractivity contribution in [3.8, 4) is 0 Å². The summed E-state index contributed by atoms with van der Waals surface area (Å²) in [7, 11) is 2.39. The van der Waals surface area contributed by atoms with Crippen LogP contribution in [0.1, 0.15) is 25.7 Å². The van der Waals surface area contributed by atoms with Gasteiger partial charge >= 0.3 is 23.9 Å². The van der Waals surface area contributed by atoms with Gasteiger partial charge in [-0.15, -0.1) is 0 Å². The van der Waals surface area contributed by atoms with Crippen LogP contribution in [-0.4, -0.2) is 75.3 Å². The number of hydrogen-bond donors (Lipinski definition) is 0. The first kappa shape index (κ1) is 23.4. The van der Waals surface area contributed by atoms with E-state index in [-0.39, 0.29) is 6.61 Å². The van der Waals surface area contributed by atoms with Crippen LogP contribution >= 0.6 is 0 Å². The van der Waals surface area contributed by atoms with E-state index in [4.69, 9.17) is 9.47 Å². The Morgan fingerprint density at radius 2 is 1.29 bits per heavy atom. The summed E-state index contributed by atoms with van der Waals surface area (Å²) in [6.45, 7) is 1.94. The van der Waals surface area contributed by atoms with Gasteiger partial charge in [-0.3, -0.25) is 4.90 Å². The zero-order valence-corrected chi connectivity index (χ0v) is 16.3. The largest absolute Gasteiger partial charge is 0.466 e. The Labute approximate surface area is 164 Å². The summed E-state index contributed by atoms with van der Waals surface area (Å²) in [5.41, 5.74) is 0. The normalized spacial score (nSPS) is 16.4. The zero-order chi connectivity index (χ0) is 20.8. The monoisotopic (exact) mass is 397 g/mol. The number of nitrogens with zero attached hydrogens (tertiary/aromatic N) is 1. The van der Waals surface area contributed by atoms with Crippen molar-refractivity contribution in [3.63, 3.8) is 0 Å². The highest BCUT2D eigenvalue weighted by atomic mass is 16.6. The van der Waals surface area contributed by atoms with Gasteiger partial charge in [0.25, 0.3) is 0 Å². The van der Waals surface area contributed by atoms with Crippen molar-refractivity contribution in [1.29, 1.82) is 0 Å². The van der Waals surface area contributed by atoms with Crippen LogP contribution < -0.4 is 0 Å². The van der Waals surface area contributed by atoms with Gasteiger partial charge in [-0.2, -0.15) is 0 Å². The number of likely N-dealkylation sites (tertiary alicyclic amines) is 1. The molecule has 1 aliphatic heterocycles. The minimum Gasteiger partial charge on any atom is -0.466 e. The van der Waals surface area contributed by atoms with Crippen molar-refractivity contribution in [1.82, 2.24) is 4.90 Å². The molecule has 156 valence electrons. The Kier molecular flexibility index (Phi) is 11.2. The van der Waals surface area contributed by atoms with Crippen molar-refractivity contribution in [2.24, 2.45) is 0 Å². The molecule has 0 aliphatic carbocycles. The van der Waals surface area contributed by atoms with Crippen molar-refractivity contribution in [2.45, 2.75) is 31.8 Å². The molecule has 9 heteroatoms. The number of methoxy groups -OCH3 is 2. The Morgan fingerprint density at radius 3 is 1.82 bits per heavy atom. The van der Waals surface area contributed by atoms with E-state index < -0.39 is 30.0 Å². The van der Waals surface area contributed by atoms with E-state index in [0.29, 0.717) is 6.54 Å². The van der Waals surface area contributed by atoms with E-state index >= 15 is 0 Å². The molecule has 1 fully saturated rings. The molecule has 28 heavy (non-hydrogen) atoms. The van der Waals surface area contributed by atoms with Gasteiger partial charge in [0.1, 0.15) is 12.7 Å². The first-order chi connectivity index (χ1) is 13.4. The highest BCUT2D eigenvalue weighted by molar-refractivity contribution is 5.92. The van der Waals surface area contributed by atoms with E-state index in [1.807, 2.05) is 0 Å². The fraction of sp³-hybridized carbons (Fsp3) is 0.579. The summed E-state index contributed by atoms with van der Waals surface area (Å²) in [4.78, 5) is 47.9. The molecule has 1 atom stereocenters. The molecule has 1 heterocycles. The topological polar surface area (TPSA) is 108 Å². The third kappa shape index (κ3) is 10.5. The fourth-order valence-electron chi connectivity index (χ4n) is 2.57. The lowest BCUT2D eigenvalue weighted by atomic mass is 10.2. The third-order valence-electron chi connectivity index (χ3n) is 3.97. The smallest absolute Gasteiger partial charge is 0.331 e. The van der Waals surface area contributed by atoms with Crippen molar-refractivity contribution >= 4 is 23.9 Å². The molecule has 1 rings (SSSR count). The maximum atomic E-state index is 11.9. The Bertz CT molecular complexity index is 591. The van der Waals surface area contributed by atoms with Crippen molar-refractivity contribution in [3.05, 3.63) is 24.3 Å². The van der Waals surface area contributed by atoms with Gasteiger partial charge in [0.2, 0.25) is 0 Å². The highest BCUT2D eigenvalue weighted by Crippen LogP contribution is 2.11. The van der Waals surface area contributed by atoms with Crippen molar-refractivity contribution < 1.29 is 38.1 Å². The predicted molar refractivity (Wildman–Crippen MR) is 98.1 cm³/mol. The number of ether oxygens (including phenoxy) is 4. The SMILES string of the molecule is COC(=O)/C=C/C(=O)OCC(CN1CCCCCC1)OC(=O)/C=C/C(=O)OC. The lowest BCUT2D eigenvalue weighted by molar-refractivity contribution is -0.154. The molecule has 0 spiro atoms. The molecule has 0 aromatic rings. The molecule has 0 saturated carbocycles. The molecule has 0 amide bonds. The fourth-order valence-corrected chi connectivity index (χ4v) is 2.57. The molecule has 0 radical (unpaired) electrons. The van der Waals surface area contributed by atoms with Crippen molar-refractivity contribution in [2.75, 3.05) is 40.5 Å². The molecule has 0 N–H and O–H groups in total. The molecular weight excluding hydrogens is 370 g/mol. The minimum atomic E-state index is -0.757. The van der Waals surface area contributed by atoms with Gasteiger partial charge in [-0.1, -0.05) is 12.8 Å². The van der Waals surface area contributed by atoms with E-state index in [9.17, 15) is 19.2 Å². The number of esters is 4. The number of hydrogen-bond acceptors (Lipinski definition) is 9. The lowest BCUT2D eigenvalue weighted by Crippen LogP contribution is -2.38. The van der Waals surface area contributed by atoms with Crippen LogP contribution in [0.15, 0.2) is 24.3 Å². The second kappa shape index (κ2) is 13.5. The standard InChI is InChI=1S/C19H27NO8/c1-25-16(21)7-9-18(23)27-14-15(13-20-11-5-3-4-6-12-20)28-19(24)10-8-17(22)26-2/h7-10,15H,3-6,11-14H2,1-2H3/b9-7+,10-8+. The highest BCUT2D eigenvalue weighted by Gasteiger charge is 2.20. The first-order valence-electron chi connectivity index (χ1n) is 9.06. The third-order valence-corrected chi connectivity index (χ3v) is 3.97. The second-order valence-electron chi connectivity index (χ2n) is 6.12. The summed E-state index contributed by atoms with van der Waals surface area (Å²) < 4.78 is 19.2. The van der Waals surface area contributed by atoms with Crippen LogP contribution in [0.25, 0.3) is 0 Å². The summed E-state index contributed by atoms with van der Waals surface area (Å²) in [6, 6.07) is 0. The average Bonchev–Trinajstić information content (AvgIpc) is 2.96. The molecule has 1 saturated heterocycles. The second-order valence-corrected chi connectivity index (χ2v) is 6.12. The number of rotatable bonds is 9. The summed E-state index contributed by atoms with van der Waals surface area (Å²) >= 11 is 0. The zero-order valence-electron chi connectivity index (χ0n) is 16.3. The van der Waals surface area contributed by atoms with Crippen LogP contribution in [0, 0.1) is 0 Å². The summed E-state index contributed by atoms with van der Waals surface area (Å²) in [5, 5.41) is 0. The molecule has 9 nitrogen and oxygen atoms in total. The van der Waals surface area contributed by atoms with E-state index in [0.717, 1.165) is 63.1 Å². The Balaban J connectivity index is 2.65. The molecular formula is C19H27NO8. The van der Waals surface area contributed by atoms with Crippen LogP contribution in [0.2, 0.25) is 0 Å². The average molecular weight is 397 g/mol. The Hall–Kier alpha value is -2.68. The van der Waals surface area contributed by atoms with Gasteiger partial charge in [0.15, 0.2) is 0 Å². The number of carbonyl (C=O) groups excluding carboxylic acids is 4. The van der Waals surface area contributed by atoms with E-state index in [2.05, 4.69) is 14.4 Å². The van der Waals surface area contributed by atoms with E-state index in [1.165, 1.54) is 14.2 Å². The summed E-state index contributed by atoms with van der Waals surface area (Å²) in [6.07, 6.45) is 7.46. The van der Waals surface area contributed by atoms with Crippen LogP contribution in [0.4, 0.5) is 0 Å². The van der Waals surface area contributed by atoms with Crippen LogP contribution in [-0.2, 0) is 38.1 Å². The predicted octanol–water partition coefficient (Wildman–Crippen LogP) is 0.776. The minimum absolute atomic E-state index is 0.182. The van der Waals surface area contributed by atoms with Gasteiger partial charge in [-0.05, 0) is 25.9 Å². The van der Waals surface area contributed by atoms with Crippen LogP contribution in [0.3, 0.4) is 0 Å². The molecule has 0 aromatic carbocycles. The van der Waals surface area contributed by atoms with Gasteiger partial charge in [0.05, 0.1) is 14.2 Å². The van der Waals surface area contributed by atoms with Gasteiger partial charge < -0.3 is 18.9 Å². The lowest BCUT2D eigenvalue weighted by Gasteiger charge is -2.25. The van der Waals surface area contributed by atoms with E-state index in [1.54, 1.807) is 0 Å². The van der Waals surface area contributed by atoms with Gasteiger partial charge in [-0.25, -0.2) is 19.2 Å². The van der Waals surface area contributed by atoms with Gasteiger partial charge in [0, 0.05) is 30.8 Å². The maximum Gasteiger partial charge on any atom is 0.331 e. The summed E-state index contributed by atoms with van der Waals surface area (Å²) in [5.74, 6) is -2.86. The number of carbonyl (C=O) groups is 4. The Morgan fingerprint density at radius 1 is 0.786 bits per heavy atom. The molecule has 1 unspecified atom stereocenters. The molecule has 0 aromatic heterocycles.